The molecule has 1 aromatic heterocycles. The molecule has 0 saturated heterocycles. The first kappa shape index (κ1) is 16.8. The Kier molecular flexibility index (Phi) is 4.83. The second-order valence-corrected chi connectivity index (χ2v) is 6.07. The number of nitrogens with zero attached hydrogens (tertiary/aromatic N) is 1. The third-order valence-corrected chi connectivity index (χ3v) is 4.18. The summed E-state index contributed by atoms with van der Waals surface area (Å²) in [6, 6.07) is 22.0. The van der Waals surface area contributed by atoms with Crippen LogP contribution < -0.4 is 10.2 Å². The molecule has 5 heteroatoms. The topological polar surface area (TPSA) is 49.4 Å². The monoisotopic (exact) mass is 359 g/mol. The number of hydrazone groups is 1. The third kappa shape index (κ3) is 3.98. The number of hydrogen-bond donors (Lipinski definition) is 2. The van der Waals surface area contributed by atoms with Crippen molar-refractivity contribution in [2.24, 2.45) is 5.10 Å². The maximum atomic E-state index is 13.0. The molecule has 1 heterocycles. The summed E-state index contributed by atoms with van der Waals surface area (Å²) in [6.07, 6.45) is 3.60. The van der Waals surface area contributed by atoms with Crippen molar-refractivity contribution in [2.45, 2.75) is 6.61 Å². The highest BCUT2D eigenvalue weighted by Gasteiger charge is 2.08. The maximum absolute atomic E-state index is 13.0. The van der Waals surface area contributed by atoms with Gasteiger partial charge in [0.15, 0.2) is 0 Å². The predicted octanol–water partition coefficient (Wildman–Crippen LogP) is 5.33. The van der Waals surface area contributed by atoms with E-state index in [1.54, 1.807) is 18.3 Å². The molecule has 0 aliphatic rings. The first-order valence-electron chi connectivity index (χ1n) is 8.61. The van der Waals surface area contributed by atoms with Gasteiger partial charge in [0.1, 0.15) is 18.2 Å². The summed E-state index contributed by atoms with van der Waals surface area (Å²) in [7, 11) is 0. The van der Waals surface area contributed by atoms with Gasteiger partial charge in [-0.2, -0.15) is 5.10 Å². The number of halogens is 1. The average Bonchev–Trinajstić information content (AvgIpc) is 3.12. The fourth-order valence-corrected chi connectivity index (χ4v) is 2.84. The number of anilines is 1. The van der Waals surface area contributed by atoms with Crippen molar-refractivity contribution < 1.29 is 9.13 Å². The quantitative estimate of drug-likeness (QED) is 0.361. The van der Waals surface area contributed by atoms with Crippen molar-refractivity contribution in [3.8, 4) is 5.75 Å². The van der Waals surface area contributed by atoms with Gasteiger partial charge in [-0.25, -0.2) is 4.39 Å². The first-order valence-corrected chi connectivity index (χ1v) is 8.61. The Balaban J connectivity index is 1.54. The highest BCUT2D eigenvalue weighted by atomic mass is 19.1. The highest BCUT2D eigenvalue weighted by molar-refractivity contribution is 6.02. The lowest BCUT2D eigenvalue weighted by atomic mass is 10.1. The first-order chi connectivity index (χ1) is 13.3. The van der Waals surface area contributed by atoms with Gasteiger partial charge in [0.2, 0.25) is 0 Å². The van der Waals surface area contributed by atoms with Crippen molar-refractivity contribution in [2.75, 3.05) is 5.43 Å². The van der Waals surface area contributed by atoms with Crippen molar-refractivity contribution >= 4 is 22.8 Å². The minimum Gasteiger partial charge on any atom is -0.488 e. The molecule has 134 valence electrons. The van der Waals surface area contributed by atoms with E-state index in [1.165, 1.54) is 12.1 Å². The summed E-state index contributed by atoms with van der Waals surface area (Å²) in [5.74, 6) is 0.516. The van der Waals surface area contributed by atoms with E-state index in [-0.39, 0.29) is 5.82 Å². The van der Waals surface area contributed by atoms with Gasteiger partial charge >= 0.3 is 0 Å². The lowest BCUT2D eigenvalue weighted by molar-refractivity contribution is 0.310. The van der Waals surface area contributed by atoms with Gasteiger partial charge < -0.3 is 9.72 Å². The second kappa shape index (κ2) is 7.74. The van der Waals surface area contributed by atoms with Crippen LogP contribution in [0.5, 0.6) is 5.75 Å². The van der Waals surface area contributed by atoms with Crippen LogP contribution in [0.25, 0.3) is 10.9 Å². The molecule has 2 N–H and O–H groups in total. The summed E-state index contributed by atoms with van der Waals surface area (Å²) in [5.41, 5.74) is 6.61. The number of ether oxygens (including phenoxy) is 1. The average molecular weight is 359 g/mol. The smallest absolute Gasteiger partial charge is 0.129 e. The van der Waals surface area contributed by atoms with Crippen LogP contribution in [-0.4, -0.2) is 11.2 Å². The number of H-pyrrole nitrogens is 1. The van der Waals surface area contributed by atoms with E-state index < -0.39 is 0 Å². The van der Waals surface area contributed by atoms with Crippen LogP contribution in [-0.2, 0) is 6.61 Å². The Hall–Kier alpha value is -3.60. The van der Waals surface area contributed by atoms with Crippen LogP contribution >= 0.6 is 0 Å². The van der Waals surface area contributed by atoms with E-state index in [1.807, 2.05) is 54.7 Å². The molecular formula is C22H18FN3O. The molecule has 0 aliphatic carbocycles. The Labute approximate surface area is 156 Å². The van der Waals surface area contributed by atoms with E-state index in [0.29, 0.717) is 12.3 Å². The van der Waals surface area contributed by atoms with Gasteiger partial charge in [-0.3, -0.25) is 5.43 Å². The Morgan fingerprint density at radius 1 is 0.963 bits per heavy atom. The molecule has 27 heavy (non-hydrogen) atoms. The molecule has 0 unspecified atom stereocenters. The summed E-state index contributed by atoms with van der Waals surface area (Å²) in [4.78, 5) is 3.23. The predicted molar refractivity (Wildman–Crippen MR) is 107 cm³/mol. The normalized spacial score (nSPS) is 11.1. The molecule has 0 atom stereocenters. The highest BCUT2D eigenvalue weighted by Crippen LogP contribution is 2.28. The fraction of sp³-hybridized carbons (Fsp3) is 0.0455. The molecule has 4 rings (SSSR count). The van der Waals surface area contributed by atoms with E-state index in [4.69, 9.17) is 4.74 Å². The molecule has 4 nitrogen and oxygen atoms in total. The molecule has 0 fully saturated rings. The molecule has 3 aromatic carbocycles. The maximum Gasteiger partial charge on any atom is 0.129 e. The number of fused-ring (bicyclic) bond motifs is 1. The molecule has 0 amide bonds. The van der Waals surface area contributed by atoms with Gasteiger partial charge in [-0.1, -0.05) is 36.4 Å². The third-order valence-electron chi connectivity index (χ3n) is 4.18. The minimum atomic E-state index is -0.277. The van der Waals surface area contributed by atoms with Crippen molar-refractivity contribution in [1.29, 1.82) is 0 Å². The van der Waals surface area contributed by atoms with Crippen LogP contribution in [0.4, 0.5) is 10.1 Å². The zero-order valence-electron chi connectivity index (χ0n) is 14.5. The summed E-state index contributed by atoms with van der Waals surface area (Å²) in [6.45, 7) is 0.496. The molecule has 4 aromatic rings. The van der Waals surface area contributed by atoms with Crippen LogP contribution in [0.2, 0.25) is 0 Å². The number of nitrogens with one attached hydrogen (secondary N) is 2. The van der Waals surface area contributed by atoms with Crippen molar-refractivity contribution in [1.82, 2.24) is 4.98 Å². The Morgan fingerprint density at radius 3 is 2.59 bits per heavy atom. The van der Waals surface area contributed by atoms with Crippen LogP contribution in [0.1, 0.15) is 11.1 Å². The van der Waals surface area contributed by atoms with Crippen LogP contribution in [0.15, 0.2) is 84.1 Å². The summed E-state index contributed by atoms with van der Waals surface area (Å²) < 4.78 is 19.0. The summed E-state index contributed by atoms with van der Waals surface area (Å²) >= 11 is 0. The molecule has 0 saturated carbocycles. The molecule has 0 spiro atoms. The van der Waals surface area contributed by atoms with Gasteiger partial charge in [0.05, 0.1) is 17.3 Å². The number of benzene rings is 3. The standard InChI is InChI=1S/C22H18FN3O/c23-18-9-11-19(12-10-18)26-25-14-17-13-24-20-7-4-8-21(22(17)20)27-15-16-5-2-1-3-6-16/h1-14,24,26H,15H2/b25-14+. The number of aromatic nitrogens is 1. The van der Waals surface area contributed by atoms with Crippen molar-refractivity contribution in [3.63, 3.8) is 0 Å². The number of aromatic amines is 1. The van der Waals surface area contributed by atoms with E-state index in [2.05, 4.69) is 15.5 Å². The van der Waals surface area contributed by atoms with Gasteiger partial charge in [0.25, 0.3) is 0 Å². The zero-order valence-corrected chi connectivity index (χ0v) is 14.5. The lowest BCUT2D eigenvalue weighted by Gasteiger charge is -2.08. The SMILES string of the molecule is Fc1ccc(N/N=C/c2c[nH]c3cccc(OCc4ccccc4)c23)cc1. The largest absolute Gasteiger partial charge is 0.488 e. The van der Waals surface area contributed by atoms with E-state index >= 15 is 0 Å². The van der Waals surface area contributed by atoms with Crippen LogP contribution in [0, 0.1) is 5.82 Å². The fourth-order valence-electron chi connectivity index (χ4n) is 2.84. The summed E-state index contributed by atoms with van der Waals surface area (Å²) in [5, 5.41) is 5.22. The van der Waals surface area contributed by atoms with E-state index in [9.17, 15) is 4.39 Å². The number of rotatable bonds is 6. The van der Waals surface area contributed by atoms with Crippen LogP contribution in [0.3, 0.4) is 0 Å². The van der Waals surface area contributed by atoms with Gasteiger partial charge in [0, 0.05) is 17.3 Å². The molecular weight excluding hydrogens is 341 g/mol. The Morgan fingerprint density at radius 2 is 1.78 bits per heavy atom. The lowest BCUT2D eigenvalue weighted by Crippen LogP contribution is -1.96. The molecule has 0 bridgehead atoms. The number of hydrogen-bond acceptors (Lipinski definition) is 3. The zero-order chi connectivity index (χ0) is 18.5. The van der Waals surface area contributed by atoms with Gasteiger partial charge in [-0.05, 0) is 42.0 Å². The molecule has 0 radical (unpaired) electrons. The van der Waals surface area contributed by atoms with E-state index in [0.717, 1.165) is 27.8 Å². The second-order valence-electron chi connectivity index (χ2n) is 6.07. The van der Waals surface area contributed by atoms with Crippen molar-refractivity contribution in [3.05, 3.63) is 95.9 Å². The Bertz CT molecular complexity index is 1060. The molecule has 0 aliphatic heterocycles. The minimum absolute atomic E-state index is 0.277. The van der Waals surface area contributed by atoms with Gasteiger partial charge in [-0.15, -0.1) is 0 Å².